The van der Waals surface area contributed by atoms with Gasteiger partial charge in [0.05, 0.1) is 0 Å². The van der Waals surface area contributed by atoms with Gasteiger partial charge in [-0.1, -0.05) is 32.5 Å². The third-order valence-corrected chi connectivity index (χ3v) is 4.37. The highest BCUT2D eigenvalue weighted by Gasteiger charge is 2.26. The third-order valence-electron chi connectivity index (χ3n) is 3.50. The summed E-state index contributed by atoms with van der Waals surface area (Å²) >= 11 is 0. The van der Waals surface area contributed by atoms with E-state index in [-0.39, 0.29) is 0 Å². The summed E-state index contributed by atoms with van der Waals surface area (Å²) in [6.07, 6.45) is 13.9. The maximum atomic E-state index is 5.12. The Labute approximate surface area is 102 Å². The molecule has 0 radical (unpaired) electrons. The van der Waals surface area contributed by atoms with Crippen molar-refractivity contribution in [2.24, 2.45) is 5.92 Å². The van der Waals surface area contributed by atoms with Gasteiger partial charge in [0.1, 0.15) is 8.07 Å². The maximum Gasteiger partial charge on any atom is 0.128 e. The van der Waals surface area contributed by atoms with E-state index in [4.69, 9.17) is 6.42 Å². The van der Waals surface area contributed by atoms with E-state index in [9.17, 15) is 0 Å². The molecular weight excluding hydrogens is 210 g/mol. The first kappa shape index (κ1) is 13.8. The minimum atomic E-state index is -1.10. The predicted molar refractivity (Wildman–Crippen MR) is 75.2 cm³/mol. The van der Waals surface area contributed by atoms with E-state index in [1.807, 2.05) is 0 Å². The molecule has 1 aliphatic carbocycles. The van der Waals surface area contributed by atoms with Crippen molar-refractivity contribution in [3.05, 3.63) is 0 Å². The molecule has 0 amide bonds. The first-order valence-electron chi connectivity index (χ1n) is 6.74. The minimum absolute atomic E-state index is 0.905. The molecule has 1 saturated carbocycles. The van der Waals surface area contributed by atoms with Gasteiger partial charge in [-0.3, -0.25) is 0 Å². The van der Waals surface area contributed by atoms with Crippen molar-refractivity contribution in [3.8, 4) is 12.0 Å². The molecule has 0 bridgehead atoms. The smallest absolute Gasteiger partial charge is 0.128 e. The Morgan fingerprint density at radius 1 is 1.06 bits per heavy atom. The Balaban J connectivity index is 0.000000187. The topological polar surface area (TPSA) is 12.0 Å². The zero-order chi connectivity index (χ0) is 12.0. The average Bonchev–Trinajstić information content (AvgIpc) is 2.29. The summed E-state index contributed by atoms with van der Waals surface area (Å²) in [4.78, 5) is 0. The normalized spacial score (nSPS) is 29.4. The summed E-state index contributed by atoms with van der Waals surface area (Å²) in [5, 5.41) is 3.62. The summed E-state index contributed by atoms with van der Waals surface area (Å²) in [6, 6.07) is 0.905. The molecule has 2 heteroatoms. The molecule has 0 spiro atoms. The summed E-state index contributed by atoms with van der Waals surface area (Å²) in [7, 11) is -1.10. The Bertz CT molecular complexity index is 210. The van der Waals surface area contributed by atoms with Crippen molar-refractivity contribution in [1.82, 2.24) is 5.32 Å². The fourth-order valence-corrected chi connectivity index (χ4v) is 2.47. The van der Waals surface area contributed by atoms with E-state index in [0.717, 1.165) is 12.0 Å². The van der Waals surface area contributed by atoms with E-state index in [1.165, 1.54) is 45.1 Å². The van der Waals surface area contributed by atoms with Crippen LogP contribution in [0.2, 0.25) is 19.6 Å². The van der Waals surface area contributed by atoms with Gasteiger partial charge in [-0.05, 0) is 38.1 Å². The van der Waals surface area contributed by atoms with E-state index < -0.39 is 8.07 Å². The minimum Gasteiger partial charge on any atom is -0.314 e. The molecule has 1 saturated heterocycles. The van der Waals surface area contributed by atoms with Gasteiger partial charge in [0, 0.05) is 6.04 Å². The van der Waals surface area contributed by atoms with Gasteiger partial charge < -0.3 is 5.32 Å². The lowest BCUT2D eigenvalue weighted by atomic mass is 9.80. The molecule has 1 nitrogen and oxygen atoms in total. The lowest BCUT2D eigenvalue weighted by molar-refractivity contribution is 0.212. The van der Waals surface area contributed by atoms with Crippen LogP contribution in [0, 0.1) is 17.9 Å². The number of terminal acetylenes is 1. The molecule has 16 heavy (non-hydrogen) atoms. The quantitative estimate of drug-likeness (QED) is 0.503. The van der Waals surface area contributed by atoms with Crippen LogP contribution in [0.5, 0.6) is 0 Å². The standard InChI is InChI=1S/C9H17N.C5H10Si/c1-2-6-9-8(4-1)5-3-7-10-9;1-5-6(2,3)4/h8-10H,1-7H2;1H,2-4H3/t8-,9-;/m0./s1. The monoisotopic (exact) mass is 237 g/mol. The van der Waals surface area contributed by atoms with Gasteiger partial charge in [-0.25, -0.2) is 0 Å². The first-order chi connectivity index (χ1) is 7.53. The third kappa shape index (κ3) is 5.18. The van der Waals surface area contributed by atoms with Crippen molar-refractivity contribution >= 4 is 8.07 Å². The van der Waals surface area contributed by atoms with Gasteiger partial charge in [-0.15, -0.1) is 12.0 Å². The summed E-state index contributed by atoms with van der Waals surface area (Å²) in [5.41, 5.74) is 2.74. The second-order valence-corrected chi connectivity index (χ2v) is 10.9. The van der Waals surface area contributed by atoms with Crippen LogP contribution in [0.3, 0.4) is 0 Å². The molecular formula is C14H27NSi. The molecule has 0 aromatic carbocycles. The highest BCUT2D eigenvalue weighted by molar-refractivity contribution is 6.83. The molecule has 1 heterocycles. The molecule has 2 rings (SSSR count). The number of rotatable bonds is 0. The summed E-state index contributed by atoms with van der Waals surface area (Å²) in [5.74, 6) is 1.04. The van der Waals surface area contributed by atoms with Gasteiger partial charge in [0.2, 0.25) is 0 Å². The van der Waals surface area contributed by atoms with Crippen LogP contribution in [0.15, 0.2) is 0 Å². The van der Waals surface area contributed by atoms with E-state index in [2.05, 4.69) is 30.5 Å². The molecule has 1 N–H and O–H groups in total. The first-order valence-corrected chi connectivity index (χ1v) is 10.2. The largest absolute Gasteiger partial charge is 0.314 e. The Morgan fingerprint density at radius 2 is 1.62 bits per heavy atom. The van der Waals surface area contributed by atoms with Crippen LogP contribution in [0.25, 0.3) is 0 Å². The Morgan fingerprint density at radius 3 is 2.19 bits per heavy atom. The second kappa shape index (κ2) is 6.47. The maximum absolute atomic E-state index is 5.12. The highest BCUT2D eigenvalue weighted by atomic mass is 28.3. The number of nitrogens with one attached hydrogen (secondary N) is 1. The van der Waals surface area contributed by atoms with Crippen molar-refractivity contribution in [2.45, 2.75) is 64.2 Å². The van der Waals surface area contributed by atoms with Crippen molar-refractivity contribution in [2.75, 3.05) is 6.54 Å². The van der Waals surface area contributed by atoms with Gasteiger partial charge >= 0.3 is 0 Å². The highest BCUT2D eigenvalue weighted by Crippen LogP contribution is 2.30. The number of hydrogen-bond acceptors (Lipinski definition) is 1. The molecule has 1 aliphatic heterocycles. The molecule has 0 aromatic heterocycles. The summed E-state index contributed by atoms with van der Waals surface area (Å²) < 4.78 is 0. The molecule has 0 unspecified atom stereocenters. The van der Waals surface area contributed by atoms with Crippen molar-refractivity contribution in [1.29, 1.82) is 0 Å². The number of fused-ring (bicyclic) bond motifs is 1. The van der Waals surface area contributed by atoms with Crippen LogP contribution in [0.4, 0.5) is 0 Å². The van der Waals surface area contributed by atoms with Crippen LogP contribution in [0.1, 0.15) is 38.5 Å². The Hall–Kier alpha value is -0.263. The van der Waals surface area contributed by atoms with E-state index in [1.54, 1.807) is 0 Å². The van der Waals surface area contributed by atoms with Crippen LogP contribution in [-0.2, 0) is 0 Å². The zero-order valence-corrected chi connectivity index (χ0v) is 12.2. The lowest BCUT2D eigenvalue weighted by Gasteiger charge is -2.36. The molecule has 92 valence electrons. The van der Waals surface area contributed by atoms with Crippen molar-refractivity contribution < 1.29 is 0 Å². The van der Waals surface area contributed by atoms with Crippen LogP contribution < -0.4 is 5.32 Å². The lowest BCUT2D eigenvalue weighted by Crippen LogP contribution is -2.42. The Kier molecular flexibility index (Phi) is 5.58. The molecule has 0 aromatic rings. The predicted octanol–water partition coefficient (Wildman–Crippen LogP) is 3.43. The number of hydrogen-bond donors (Lipinski definition) is 1. The molecule has 2 aliphatic rings. The van der Waals surface area contributed by atoms with E-state index >= 15 is 0 Å². The van der Waals surface area contributed by atoms with Gasteiger partial charge in [0.25, 0.3) is 0 Å². The summed E-state index contributed by atoms with van der Waals surface area (Å²) in [6.45, 7) is 7.72. The van der Waals surface area contributed by atoms with Crippen LogP contribution in [-0.4, -0.2) is 20.7 Å². The second-order valence-electron chi connectivity index (χ2n) is 6.14. The average molecular weight is 237 g/mol. The number of piperidine rings is 1. The molecule has 2 atom stereocenters. The van der Waals surface area contributed by atoms with Crippen molar-refractivity contribution in [3.63, 3.8) is 0 Å². The molecule has 2 fully saturated rings. The van der Waals surface area contributed by atoms with Gasteiger partial charge in [-0.2, -0.15) is 0 Å². The fourth-order valence-electron chi connectivity index (χ4n) is 2.47. The fraction of sp³-hybridized carbons (Fsp3) is 0.857. The zero-order valence-electron chi connectivity index (χ0n) is 11.2. The van der Waals surface area contributed by atoms with E-state index in [0.29, 0.717) is 0 Å². The van der Waals surface area contributed by atoms with Crippen LogP contribution >= 0.6 is 0 Å². The van der Waals surface area contributed by atoms with Gasteiger partial charge in [0.15, 0.2) is 0 Å². The SMILES string of the molecule is C#C[Si](C)(C)C.C1CC[C@@H]2NCCC[C@@H]2C1.